The maximum Gasteiger partial charge on any atom is 0.272 e. The van der Waals surface area contributed by atoms with E-state index in [1.807, 2.05) is 19.2 Å². The van der Waals surface area contributed by atoms with Crippen molar-refractivity contribution in [1.29, 1.82) is 0 Å². The highest BCUT2D eigenvalue weighted by Gasteiger charge is 2.15. The van der Waals surface area contributed by atoms with Crippen molar-refractivity contribution in [3.8, 4) is 0 Å². The molecule has 1 aromatic rings. The van der Waals surface area contributed by atoms with Gasteiger partial charge in [0.2, 0.25) is 0 Å². The highest BCUT2D eigenvalue weighted by atomic mass is 16.2. The van der Waals surface area contributed by atoms with Gasteiger partial charge in [0.15, 0.2) is 0 Å². The molecule has 0 spiro atoms. The number of amides is 1. The maximum atomic E-state index is 12.3. The van der Waals surface area contributed by atoms with E-state index in [4.69, 9.17) is 0 Å². The lowest BCUT2D eigenvalue weighted by Gasteiger charge is -2.20. The van der Waals surface area contributed by atoms with E-state index in [-0.39, 0.29) is 5.91 Å². The molecule has 0 fully saturated rings. The highest BCUT2D eigenvalue weighted by Crippen LogP contribution is 2.09. The van der Waals surface area contributed by atoms with Crippen molar-refractivity contribution in [3.63, 3.8) is 0 Å². The molecule has 1 amide bonds. The minimum absolute atomic E-state index is 0.0135. The van der Waals surface area contributed by atoms with Gasteiger partial charge in [-0.15, -0.1) is 0 Å². The fourth-order valence-corrected chi connectivity index (χ4v) is 1.78. The first kappa shape index (κ1) is 15.5. The topological polar surface area (TPSA) is 45.2 Å². The molecule has 1 atom stereocenters. The van der Waals surface area contributed by atoms with Crippen LogP contribution in [0.5, 0.6) is 0 Å². The minimum atomic E-state index is -0.0135. The van der Waals surface area contributed by atoms with E-state index in [0.717, 1.165) is 31.7 Å². The van der Waals surface area contributed by atoms with Gasteiger partial charge in [0, 0.05) is 20.1 Å². The first-order chi connectivity index (χ1) is 9.08. The quantitative estimate of drug-likeness (QED) is 0.822. The van der Waals surface area contributed by atoms with Gasteiger partial charge in [-0.25, -0.2) is 4.98 Å². The predicted octanol–water partition coefficient (Wildman–Crippen LogP) is 3.02. The summed E-state index contributed by atoms with van der Waals surface area (Å²) in [5.41, 5.74) is 0.506. The third-order valence-corrected chi connectivity index (χ3v) is 3.15. The van der Waals surface area contributed by atoms with Crippen molar-refractivity contribution in [1.82, 2.24) is 9.88 Å². The number of hydrogen-bond acceptors (Lipinski definition) is 3. The van der Waals surface area contributed by atoms with Crippen LogP contribution in [0.1, 0.15) is 44.1 Å². The smallest absolute Gasteiger partial charge is 0.272 e. The number of anilines is 1. The molecule has 1 N–H and O–H groups in total. The van der Waals surface area contributed by atoms with E-state index in [2.05, 4.69) is 31.1 Å². The number of carbonyl (C=O) groups is 1. The maximum absolute atomic E-state index is 12.3. The van der Waals surface area contributed by atoms with Gasteiger partial charge in [0.1, 0.15) is 11.5 Å². The van der Waals surface area contributed by atoms with E-state index in [9.17, 15) is 4.79 Å². The number of hydrogen-bond donors (Lipinski definition) is 1. The molecular formula is C15H25N3O. The van der Waals surface area contributed by atoms with Gasteiger partial charge in [-0.05, 0) is 24.5 Å². The second-order valence-corrected chi connectivity index (χ2v) is 5.03. The molecule has 0 bridgehead atoms. The Balaban J connectivity index is 2.70. The largest absolute Gasteiger partial charge is 0.370 e. The molecule has 0 aliphatic heterocycles. The van der Waals surface area contributed by atoms with Crippen LogP contribution < -0.4 is 5.32 Å². The predicted molar refractivity (Wildman–Crippen MR) is 79.4 cm³/mol. The molecule has 0 aromatic carbocycles. The third kappa shape index (κ3) is 4.89. The van der Waals surface area contributed by atoms with Gasteiger partial charge in [-0.3, -0.25) is 4.79 Å². The average Bonchev–Trinajstić information content (AvgIpc) is 2.44. The zero-order chi connectivity index (χ0) is 14.3. The molecule has 0 saturated carbocycles. The second kappa shape index (κ2) is 7.77. The molecule has 1 heterocycles. The molecule has 0 aliphatic rings. The van der Waals surface area contributed by atoms with E-state index >= 15 is 0 Å². The summed E-state index contributed by atoms with van der Waals surface area (Å²) in [7, 11) is 1.84. The second-order valence-electron chi connectivity index (χ2n) is 5.03. The summed E-state index contributed by atoms with van der Waals surface area (Å²) in [6.45, 7) is 8.02. The van der Waals surface area contributed by atoms with Crippen molar-refractivity contribution in [2.75, 3.05) is 25.5 Å². The van der Waals surface area contributed by atoms with Crippen LogP contribution in [0.2, 0.25) is 0 Å². The Morgan fingerprint density at radius 3 is 2.79 bits per heavy atom. The normalized spacial score (nSPS) is 12.0. The zero-order valence-corrected chi connectivity index (χ0v) is 12.4. The number of nitrogens with zero attached hydrogens (tertiary/aromatic N) is 2. The van der Waals surface area contributed by atoms with Crippen LogP contribution in [0.25, 0.3) is 0 Å². The van der Waals surface area contributed by atoms with Crippen LogP contribution in [0, 0.1) is 5.92 Å². The number of carbonyl (C=O) groups excluding carboxylic acids is 1. The van der Waals surface area contributed by atoms with Gasteiger partial charge in [0.25, 0.3) is 5.91 Å². The Labute approximate surface area is 116 Å². The monoisotopic (exact) mass is 263 g/mol. The third-order valence-electron chi connectivity index (χ3n) is 3.15. The van der Waals surface area contributed by atoms with E-state index < -0.39 is 0 Å². The first-order valence-electron chi connectivity index (χ1n) is 7.04. The Hall–Kier alpha value is -1.58. The summed E-state index contributed by atoms with van der Waals surface area (Å²) >= 11 is 0. The molecule has 1 rings (SSSR count). The summed E-state index contributed by atoms with van der Waals surface area (Å²) in [6, 6.07) is 5.53. The lowest BCUT2D eigenvalue weighted by molar-refractivity contribution is 0.0769. The number of pyridine rings is 1. The van der Waals surface area contributed by atoms with Crippen LogP contribution in [-0.4, -0.2) is 35.9 Å². The van der Waals surface area contributed by atoms with Crippen LogP contribution in [-0.2, 0) is 0 Å². The van der Waals surface area contributed by atoms with Crippen molar-refractivity contribution in [2.45, 2.75) is 33.6 Å². The molecule has 1 unspecified atom stereocenters. The number of aromatic nitrogens is 1. The summed E-state index contributed by atoms with van der Waals surface area (Å²) in [5.74, 6) is 1.26. The van der Waals surface area contributed by atoms with E-state index in [0.29, 0.717) is 11.6 Å². The molecular weight excluding hydrogens is 238 g/mol. The Bertz CT molecular complexity index is 406. The summed E-state index contributed by atoms with van der Waals surface area (Å²) in [5, 5.41) is 3.20. The molecule has 1 aromatic heterocycles. The standard InChI is InChI=1S/C15H25N3O/c1-5-10-16-14-9-7-8-13(17-14)15(19)18(4)11-12(3)6-2/h7-9,12H,5-6,10-11H2,1-4H3,(H,16,17). The number of rotatable bonds is 7. The van der Waals surface area contributed by atoms with Gasteiger partial charge in [-0.1, -0.05) is 33.3 Å². The van der Waals surface area contributed by atoms with Crippen LogP contribution in [0.15, 0.2) is 18.2 Å². The summed E-state index contributed by atoms with van der Waals surface area (Å²) in [6.07, 6.45) is 2.11. The lowest BCUT2D eigenvalue weighted by Crippen LogP contribution is -2.31. The summed E-state index contributed by atoms with van der Waals surface area (Å²) in [4.78, 5) is 18.4. The fraction of sp³-hybridized carbons (Fsp3) is 0.600. The minimum Gasteiger partial charge on any atom is -0.370 e. The van der Waals surface area contributed by atoms with E-state index in [1.54, 1.807) is 11.0 Å². The highest BCUT2D eigenvalue weighted by molar-refractivity contribution is 5.92. The molecule has 4 heteroatoms. The van der Waals surface area contributed by atoms with Crippen molar-refractivity contribution in [2.24, 2.45) is 5.92 Å². The van der Waals surface area contributed by atoms with E-state index in [1.165, 1.54) is 0 Å². The SMILES string of the molecule is CCCNc1cccc(C(=O)N(C)CC(C)CC)n1. The molecule has 0 aliphatic carbocycles. The molecule has 19 heavy (non-hydrogen) atoms. The van der Waals surface area contributed by atoms with Gasteiger partial charge >= 0.3 is 0 Å². The Morgan fingerprint density at radius 2 is 2.16 bits per heavy atom. The van der Waals surface area contributed by atoms with Crippen molar-refractivity contribution >= 4 is 11.7 Å². The van der Waals surface area contributed by atoms with Gasteiger partial charge in [-0.2, -0.15) is 0 Å². The fourth-order valence-electron chi connectivity index (χ4n) is 1.78. The Morgan fingerprint density at radius 1 is 1.42 bits per heavy atom. The summed E-state index contributed by atoms with van der Waals surface area (Å²) < 4.78 is 0. The first-order valence-corrected chi connectivity index (χ1v) is 7.04. The van der Waals surface area contributed by atoms with Crippen molar-refractivity contribution < 1.29 is 4.79 Å². The molecule has 0 radical (unpaired) electrons. The lowest BCUT2D eigenvalue weighted by atomic mass is 10.1. The average molecular weight is 263 g/mol. The molecule has 4 nitrogen and oxygen atoms in total. The van der Waals surface area contributed by atoms with Crippen LogP contribution in [0.4, 0.5) is 5.82 Å². The number of nitrogens with one attached hydrogen (secondary N) is 1. The Kier molecular flexibility index (Phi) is 6.33. The van der Waals surface area contributed by atoms with Gasteiger partial charge in [0.05, 0.1) is 0 Å². The molecule has 106 valence electrons. The zero-order valence-electron chi connectivity index (χ0n) is 12.4. The van der Waals surface area contributed by atoms with Crippen LogP contribution in [0.3, 0.4) is 0 Å². The van der Waals surface area contributed by atoms with Gasteiger partial charge < -0.3 is 10.2 Å². The van der Waals surface area contributed by atoms with Crippen LogP contribution >= 0.6 is 0 Å². The molecule has 0 saturated heterocycles. The van der Waals surface area contributed by atoms with Crippen molar-refractivity contribution in [3.05, 3.63) is 23.9 Å².